The van der Waals surface area contributed by atoms with Crippen molar-refractivity contribution in [2.45, 2.75) is 52.6 Å². The topological polar surface area (TPSA) is 43.0 Å². The fourth-order valence-electron chi connectivity index (χ4n) is 3.83. The van der Waals surface area contributed by atoms with Gasteiger partial charge in [-0.05, 0) is 56.9 Å². The number of nitrogens with zero attached hydrogens (tertiary/aromatic N) is 1. The SMILES string of the molecule is CCC1=C(C)c2c(CCN)c3ccccc3n2C(C)(CC)N1. The Kier molecular flexibility index (Phi) is 3.77. The number of hydrogen-bond donors (Lipinski definition) is 2. The fraction of sp³-hybridized carbons (Fsp3) is 0.474. The van der Waals surface area contributed by atoms with E-state index in [0.717, 1.165) is 19.3 Å². The minimum Gasteiger partial charge on any atom is -0.366 e. The van der Waals surface area contributed by atoms with Crippen LogP contribution in [0.4, 0.5) is 0 Å². The molecule has 0 bridgehead atoms. The van der Waals surface area contributed by atoms with Crippen LogP contribution in [0.1, 0.15) is 51.8 Å². The van der Waals surface area contributed by atoms with Gasteiger partial charge in [0.1, 0.15) is 5.66 Å². The van der Waals surface area contributed by atoms with E-state index in [2.05, 4.69) is 61.8 Å². The highest BCUT2D eigenvalue weighted by Crippen LogP contribution is 2.41. The van der Waals surface area contributed by atoms with Gasteiger partial charge in [0, 0.05) is 11.1 Å². The van der Waals surface area contributed by atoms with E-state index in [9.17, 15) is 0 Å². The average Bonchev–Trinajstić information content (AvgIpc) is 2.87. The summed E-state index contributed by atoms with van der Waals surface area (Å²) in [6.45, 7) is 9.71. The number of aromatic nitrogens is 1. The molecular formula is C19H27N3. The molecule has 1 atom stereocenters. The van der Waals surface area contributed by atoms with E-state index in [4.69, 9.17) is 5.73 Å². The lowest BCUT2D eigenvalue weighted by molar-refractivity contribution is 0.253. The monoisotopic (exact) mass is 297 g/mol. The Morgan fingerprint density at radius 3 is 2.59 bits per heavy atom. The van der Waals surface area contributed by atoms with E-state index in [0.29, 0.717) is 6.54 Å². The minimum atomic E-state index is -0.0767. The molecule has 1 aliphatic rings. The van der Waals surface area contributed by atoms with E-state index in [1.807, 2.05) is 0 Å². The number of benzene rings is 1. The number of nitrogens with one attached hydrogen (secondary N) is 1. The van der Waals surface area contributed by atoms with Crippen molar-refractivity contribution >= 4 is 16.5 Å². The highest BCUT2D eigenvalue weighted by atomic mass is 15.3. The second-order valence-corrected chi connectivity index (χ2v) is 6.43. The van der Waals surface area contributed by atoms with Gasteiger partial charge in [-0.15, -0.1) is 0 Å². The van der Waals surface area contributed by atoms with E-state index in [-0.39, 0.29) is 5.66 Å². The Balaban J connectivity index is 2.43. The Morgan fingerprint density at radius 2 is 1.95 bits per heavy atom. The van der Waals surface area contributed by atoms with Crippen LogP contribution in [0.25, 0.3) is 16.5 Å². The van der Waals surface area contributed by atoms with E-state index < -0.39 is 0 Å². The third-order valence-electron chi connectivity index (χ3n) is 5.14. The number of para-hydroxylation sites is 1. The molecule has 0 aliphatic carbocycles. The molecule has 1 aromatic heterocycles. The smallest absolute Gasteiger partial charge is 0.112 e. The van der Waals surface area contributed by atoms with Crippen LogP contribution in [-0.2, 0) is 12.1 Å². The van der Waals surface area contributed by atoms with Crippen molar-refractivity contribution in [3.8, 4) is 0 Å². The molecule has 3 nitrogen and oxygen atoms in total. The zero-order chi connectivity index (χ0) is 15.9. The number of nitrogens with two attached hydrogens (primary N) is 1. The lowest BCUT2D eigenvalue weighted by atomic mass is 9.96. The summed E-state index contributed by atoms with van der Waals surface area (Å²) in [5.41, 5.74) is 12.7. The first-order valence-electron chi connectivity index (χ1n) is 8.38. The first kappa shape index (κ1) is 15.2. The second kappa shape index (κ2) is 5.47. The van der Waals surface area contributed by atoms with Gasteiger partial charge in [-0.25, -0.2) is 0 Å². The van der Waals surface area contributed by atoms with Gasteiger partial charge in [0.05, 0.1) is 11.2 Å². The van der Waals surface area contributed by atoms with Gasteiger partial charge < -0.3 is 15.6 Å². The molecule has 3 heteroatoms. The summed E-state index contributed by atoms with van der Waals surface area (Å²) < 4.78 is 2.50. The number of rotatable bonds is 4. The normalized spacial score (nSPS) is 21.1. The van der Waals surface area contributed by atoms with Crippen molar-refractivity contribution in [3.63, 3.8) is 0 Å². The largest absolute Gasteiger partial charge is 0.366 e. The maximum absolute atomic E-state index is 5.92. The Morgan fingerprint density at radius 1 is 1.23 bits per heavy atom. The predicted octanol–water partition coefficient (Wildman–Crippen LogP) is 3.97. The van der Waals surface area contributed by atoms with Crippen LogP contribution in [-0.4, -0.2) is 11.1 Å². The molecule has 0 saturated carbocycles. The van der Waals surface area contributed by atoms with E-state index in [1.165, 1.54) is 33.4 Å². The van der Waals surface area contributed by atoms with Crippen LogP contribution in [0.5, 0.6) is 0 Å². The second-order valence-electron chi connectivity index (χ2n) is 6.43. The molecule has 1 aromatic carbocycles. The maximum Gasteiger partial charge on any atom is 0.112 e. The summed E-state index contributed by atoms with van der Waals surface area (Å²) in [4.78, 5) is 0. The van der Waals surface area contributed by atoms with Gasteiger partial charge in [-0.1, -0.05) is 32.0 Å². The van der Waals surface area contributed by atoms with Gasteiger partial charge in [-0.2, -0.15) is 0 Å². The Bertz CT molecular complexity index is 738. The molecule has 0 fully saturated rings. The van der Waals surface area contributed by atoms with Crippen molar-refractivity contribution in [1.82, 2.24) is 9.88 Å². The third-order valence-corrected chi connectivity index (χ3v) is 5.14. The number of fused-ring (bicyclic) bond motifs is 3. The molecule has 2 heterocycles. The molecule has 22 heavy (non-hydrogen) atoms. The number of hydrogen-bond acceptors (Lipinski definition) is 2. The molecule has 1 aliphatic heterocycles. The summed E-state index contributed by atoms with van der Waals surface area (Å²) >= 11 is 0. The summed E-state index contributed by atoms with van der Waals surface area (Å²) in [6, 6.07) is 8.73. The van der Waals surface area contributed by atoms with E-state index in [1.54, 1.807) is 0 Å². The molecule has 0 radical (unpaired) electrons. The van der Waals surface area contributed by atoms with Crippen LogP contribution in [0.15, 0.2) is 30.0 Å². The van der Waals surface area contributed by atoms with Crippen molar-refractivity contribution in [2.75, 3.05) is 6.54 Å². The Labute approximate surface area is 133 Å². The highest BCUT2D eigenvalue weighted by Gasteiger charge is 2.35. The third kappa shape index (κ3) is 1.99. The highest BCUT2D eigenvalue weighted by molar-refractivity contribution is 5.91. The van der Waals surface area contributed by atoms with Crippen LogP contribution in [0, 0.1) is 0 Å². The minimum absolute atomic E-state index is 0.0767. The lowest BCUT2D eigenvalue weighted by Crippen LogP contribution is -2.47. The quantitative estimate of drug-likeness (QED) is 0.896. The van der Waals surface area contributed by atoms with Crippen LogP contribution < -0.4 is 11.1 Å². The van der Waals surface area contributed by atoms with Gasteiger partial charge in [0.25, 0.3) is 0 Å². The van der Waals surface area contributed by atoms with Crippen LogP contribution >= 0.6 is 0 Å². The molecule has 3 N–H and O–H groups in total. The van der Waals surface area contributed by atoms with Crippen molar-refractivity contribution < 1.29 is 0 Å². The van der Waals surface area contributed by atoms with Gasteiger partial charge in [0.15, 0.2) is 0 Å². The summed E-state index contributed by atoms with van der Waals surface area (Å²) in [5.74, 6) is 0. The van der Waals surface area contributed by atoms with Crippen LogP contribution in [0.2, 0.25) is 0 Å². The van der Waals surface area contributed by atoms with Gasteiger partial charge in [0.2, 0.25) is 0 Å². The summed E-state index contributed by atoms with van der Waals surface area (Å²) in [7, 11) is 0. The molecule has 1 unspecified atom stereocenters. The predicted molar refractivity (Wildman–Crippen MR) is 94.7 cm³/mol. The lowest BCUT2D eigenvalue weighted by Gasteiger charge is -2.41. The van der Waals surface area contributed by atoms with Crippen molar-refractivity contribution in [2.24, 2.45) is 5.73 Å². The fourth-order valence-corrected chi connectivity index (χ4v) is 3.83. The molecule has 118 valence electrons. The standard InChI is InChI=1S/C19H27N3/c1-5-16-13(3)18-15(11-12-20)14-9-7-8-10-17(14)22(18)19(4,6-2)21-16/h7-10,21H,5-6,11-12,20H2,1-4H3. The molecule has 0 spiro atoms. The zero-order valence-electron chi connectivity index (χ0n) is 14.2. The molecule has 3 rings (SSSR count). The van der Waals surface area contributed by atoms with Crippen LogP contribution in [0.3, 0.4) is 0 Å². The number of allylic oxidation sites excluding steroid dienone is 2. The van der Waals surface area contributed by atoms with E-state index >= 15 is 0 Å². The van der Waals surface area contributed by atoms with Crippen molar-refractivity contribution in [3.05, 3.63) is 41.2 Å². The van der Waals surface area contributed by atoms with Gasteiger partial charge in [-0.3, -0.25) is 0 Å². The van der Waals surface area contributed by atoms with Gasteiger partial charge >= 0.3 is 0 Å². The molecular weight excluding hydrogens is 270 g/mol. The average molecular weight is 297 g/mol. The molecule has 2 aromatic rings. The first-order valence-corrected chi connectivity index (χ1v) is 8.38. The summed E-state index contributed by atoms with van der Waals surface area (Å²) in [6.07, 6.45) is 3.00. The maximum atomic E-state index is 5.92. The van der Waals surface area contributed by atoms with Crippen molar-refractivity contribution in [1.29, 1.82) is 0 Å². The zero-order valence-corrected chi connectivity index (χ0v) is 14.2. The summed E-state index contributed by atoms with van der Waals surface area (Å²) in [5, 5.41) is 5.14. The first-order chi connectivity index (χ1) is 10.6. The molecule has 0 amide bonds. The molecule has 0 saturated heterocycles. The Hall–Kier alpha value is -1.74.